The molecule has 0 aromatic rings. The number of hydrogen-bond donors (Lipinski definition) is 1. The molecule has 0 aliphatic heterocycles. The lowest BCUT2D eigenvalue weighted by Gasteiger charge is -2.40. The number of fused-ring (bicyclic) bond motifs is 2. The van der Waals surface area contributed by atoms with E-state index in [0.717, 1.165) is 12.0 Å². The molecule has 3 atom stereocenters. The van der Waals surface area contributed by atoms with Gasteiger partial charge in [-0.1, -0.05) is 27.7 Å². The van der Waals surface area contributed by atoms with Crippen LogP contribution >= 0.6 is 0 Å². The van der Waals surface area contributed by atoms with E-state index in [2.05, 4.69) is 33.0 Å². The summed E-state index contributed by atoms with van der Waals surface area (Å²) < 4.78 is 0. The Hall–Kier alpha value is -0.0400. The van der Waals surface area contributed by atoms with Crippen LogP contribution in [0.15, 0.2) is 0 Å². The quantitative estimate of drug-likeness (QED) is 0.777. The highest BCUT2D eigenvalue weighted by Crippen LogP contribution is 2.65. The molecule has 3 aliphatic carbocycles. The maximum absolute atomic E-state index is 3.96. The van der Waals surface area contributed by atoms with E-state index < -0.39 is 0 Å². The lowest BCUT2D eigenvalue weighted by molar-refractivity contribution is 0.118. The molecule has 1 N–H and O–H groups in total. The molecule has 3 rings (SSSR count). The molecule has 1 heteroatoms. The third kappa shape index (κ3) is 1.54. The molecule has 1 nitrogen and oxygen atoms in total. The lowest BCUT2D eigenvalue weighted by Crippen LogP contribution is -2.46. The Morgan fingerprint density at radius 3 is 2.24 bits per heavy atom. The van der Waals surface area contributed by atoms with E-state index in [4.69, 9.17) is 0 Å². The second-order valence-corrected chi connectivity index (χ2v) is 7.90. The molecule has 0 amide bonds. The highest BCUT2D eigenvalue weighted by Gasteiger charge is 2.61. The van der Waals surface area contributed by atoms with E-state index in [9.17, 15) is 0 Å². The SMILES string of the molecule is CCC1(CNC2CC3CCC2(C)C3(C)C)CC1. The number of nitrogens with one attached hydrogen (secondary N) is 1. The van der Waals surface area contributed by atoms with Crippen LogP contribution in [0.5, 0.6) is 0 Å². The molecule has 0 aromatic heterocycles. The molecule has 3 fully saturated rings. The summed E-state index contributed by atoms with van der Waals surface area (Å²) in [5, 5.41) is 3.96. The second kappa shape index (κ2) is 3.50. The van der Waals surface area contributed by atoms with Crippen LogP contribution in [0.25, 0.3) is 0 Å². The summed E-state index contributed by atoms with van der Waals surface area (Å²) in [6.45, 7) is 11.2. The van der Waals surface area contributed by atoms with Crippen molar-refractivity contribution < 1.29 is 0 Å². The predicted molar refractivity (Wildman–Crippen MR) is 73.0 cm³/mol. The van der Waals surface area contributed by atoms with Gasteiger partial charge < -0.3 is 5.32 Å². The van der Waals surface area contributed by atoms with Crippen LogP contribution < -0.4 is 5.32 Å². The van der Waals surface area contributed by atoms with Gasteiger partial charge in [0, 0.05) is 12.6 Å². The molecule has 2 bridgehead atoms. The van der Waals surface area contributed by atoms with E-state index in [-0.39, 0.29) is 0 Å². The molecule has 0 radical (unpaired) electrons. The van der Waals surface area contributed by atoms with E-state index in [1.807, 2.05) is 0 Å². The molecule has 3 unspecified atom stereocenters. The Labute approximate surface area is 107 Å². The molecule has 3 aliphatic rings. The van der Waals surface area contributed by atoms with Crippen molar-refractivity contribution in [2.75, 3.05) is 6.54 Å². The van der Waals surface area contributed by atoms with Crippen LogP contribution in [0.4, 0.5) is 0 Å². The standard InChI is InChI=1S/C16H29N/c1-5-16(8-9-16)11-17-13-10-12-6-7-15(13,4)14(12,2)3/h12-13,17H,5-11H2,1-4H3. The van der Waals surface area contributed by atoms with Crippen LogP contribution in [0.3, 0.4) is 0 Å². The molecular weight excluding hydrogens is 206 g/mol. The monoisotopic (exact) mass is 235 g/mol. The fourth-order valence-electron chi connectivity index (χ4n) is 4.68. The third-order valence-electron chi connectivity index (χ3n) is 7.22. The number of rotatable bonds is 4. The number of hydrogen-bond acceptors (Lipinski definition) is 1. The molecular formula is C16H29N. The first-order valence-electron chi connectivity index (χ1n) is 7.67. The lowest BCUT2D eigenvalue weighted by atomic mass is 9.69. The van der Waals surface area contributed by atoms with Gasteiger partial charge in [-0.05, 0) is 60.7 Å². The zero-order valence-electron chi connectivity index (χ0n) is 12.1. The van der Waals surface area contributed by atoms with Crippen molar-refractivity contribution in [1.29, 1.82) is 0 Å². The highest BCUT2D eigenvalue weighted by atomic mass is 15.0. The van der Waals surface area contributed by atoms with Crippen LogP contribution in [0.1, 0.15) is 66.2 Å². The zero-order valence-corrected chi connectivity index (χ0v) is 12.1. The van der Waals surface area contributed by atoms with Gasteiger partial charge in [0.2, 0.25) is 0 Å². The van der Waals surface area contributed by atoms with Crippen LogP contribution in [-0.2, 0) is 0 Å². The van der Waals surface area contributed by atoms with Crippen LogP contribution in [0.2, 0.25) is 0 Å². The van der Waals surface area contributed by atoms with Gasteiger partial charge in [0.25, 0.3) is 0 Å². The Balaban J connectivity index is 1.66. The summed E-state index contributed by atoms with van der Waals surface area (Å²) in [6, 6.07) is 0.792. The topological polar surface area (TPSA) is 12.0 Å². The van der Waals surface area contributed by atoms with Crippen molar-refractivity contribution in [2.45, 2.75) is 72.3 Å². The van der Waals surface area contributed by atoms with Crippen LogP contribution in [-0.4, -0.2) is 12.6 Å². The van der Waals surface area contributed by atoms with Gasteiger partial charge in [-0.25, -0.2) is 0 Å². The summed E-state index contributed by atoms with van der Waals surface area (Å²) >= 11 is 0. The highest BCUT2D eigenvalue weighted by molar-refractivity contribution is 5.13. The Kier molecular flexibility index (Phi) is 2.47. The summed E-state index contributed by atoms with van der Waals surface area (Å²) in [5.41, 5.74) is 1.82. The van der Waals surface area contributed by atoms with Gasteiger partial charge in [0.05, 0.1) is 0 Å². The minimum absolute atomic E-state index is 0.557. The molecule has 98 valence electrons. The minimum atomic E-state index is 0.557. The fourth-order valence-corrected chi connectivity index (χ4v) is 4.68. The van der Waals surface area contributed by atoms with Crippen LogP contribution in [0, 0.1) is 22.2 Å². The average Bonchev–Trinajstić information content (AvgIpc) is 3.00. The van der Waals surface area contributed by atoms with Gasteiger partial charge in [0.1, 0.15) is 0 Å². The van der Waals surface area contributed by atoms with Crippen molar-refractivity contribution in [3.63, 3.8) is 0 Å². The molecule has 0 aromatic carbocycles. The summed E-state index contributed by atoms with van der Waals surface area (Å²) in [4.78, 5) is 0. The maximum Gasteiger partial charge on any atom is 0.0129 e. The van der Waals surface area contributed by atoms with Crippen molar-refractivity contribution >= 4 is 0 Å². The van der Waals surface area contributed by atoms with Crippen molar-refractivity contribution in [1.82, 2.24) is 5.32 Å². The summed E-state index contributed by atoms with van der Waals surface area (Å²) in [6.07, 6.45) is 8.65. The maximum atomic E-state index is 3.96. The Bertz CT molecular complexity index is 315. The van der Waals surface area contributed by atoms with Gasteiger partial charge in [0.15, 0.2) is 0 Å². The van der Waals surface area contributed by atoms with Gasteiger partial charge in [-0.3, -0.25) is 0 Å². The van der Waals surface area contributed by atoms with E-state index >= 15 is 0 Å². The average molecular weight is 235 g/mol. The van der Waals surface area contributed by atoms with E-state index in [1.54, 1.807) is 0 Å². The second-order valence-electron chi connectivity index (χ2n) is 7.90. The zero-order chi connectivity index (χ0) is 12.3. The van der Waals surface area contributed by atoms with E-state index in [0.29, 0.717) is 16.2 Å². The largest absolute Gasteiger partial charge is 0.313 e. The van der Waals surface area contributed by atoms with Gasteiger partial charge in [-0.15, -0.1) is 0 Å². The first kappa shape index (κ1) is 12.0. The molecule has 0 spiro atoms. The van der Waals surface area contributed by atoms with Crippen molar-refractivity contribution in [3.8, 4) is 0 Å². The van der Waals surface area contributed by atoms with Crippen molar-refractivity contribution in [3.05, 3.63) is 0 Å². The third-order valence-corrected chi connectivity index (χ3v) is 7.22. The molecule has 17 heavy (non-hydrogen) atoms. The molecule has 0 saturated heterocycles. The van der Waals surface area contributed by atoms with Crippen molar-refractivity contribution in [2.24, 2.45) is 22.2 Å². The smallest absolute Gasteiger partial charge is 0.0129 e. The molecule has 3 saturated carbocycles. The van der Waals surface area contributed by atoms with Gasteiger partial charge >= 0.3 is 0 Å². The fraction of sp³-hybridized carbons (Fsp3) is 1.00. The Morgan fingerprint density at radius 2 is 1.82 bits per heavy atom. The summed E-state index contributed by atoms with van der Waals surface area (Å²) in [7, 11) is 0. The predicted octanol–water partition coefficient (Wildman–Crippen LogP) is 3.98. The van der Waals surface area contributed by atoms with E-state index in [1.165, 1.54) is 45.1 Å². The molecule has 0 heterocycles. The Morgan fingerprint density at radius 1 is 1.12 bits per heavy atom. The minimum Gasteiger partial charge on any atom is -0.313 e. The normalized spacial score (nSPS) is 45.2. The first-order chi connectivity index (χ1) is 7.94. The van der Waals surface area contributed by atoms with Gasteiger partial charge in [-0.2, -0.15) is 0 Å². The first-order valence-corrected chi connectivity index (χ1v) is 7.67. The summed E-state index contributed by atoms with van der Waals surface area (Å²) in [5.74, 6) is 0.974.